The van der Waals surface area contributed by atoms with Crippen LogP contribution in [-0.4, -0.2) is 84.3 Å². The minimum atomic E-state index is -0.345. The number of likely N-dealkylation sites (N-methyl/N-ethyl adjacent to an activating group) is 1. The normalized spacial score (nSPS) is 27.0. The quantitative estimate of drug-likeness (QED) is 0.782. The number of carbonyl (C=O) groups excluding carboxylic acids is 1. The summed E-state index contributed by atoms with van der Waals surface area (Å²) in [4.78, 5) is 24.7. The van der Waals surface area contributed by atoms with Crippen molar-refractivity contribution in [3.8, 4) is 0 Å². The standard InChI is InChI=1S/C18H28N4O3/c1-21(2)11-16-5-6-18(25-16)12-22(7-8-24-13-18)17(23)4-3-15-9-19-14-20-10-15/h9-10,14,16H,3-8,11-13H2,1-2H3. The Morgan fingerprint density at radius 3 is 2.96 bits per heavy atom. The Bertz CT molecular complexity index is 569. The Morgan fingerprint density at radius 1 is 1.40 bits per heavy atom. The van der Waals surface area contributed by atoms with Crippen molar-refractivity contribution in [1.82, 2.24) is 19.8 Å². The van der Waals surface area contributed by atoms with E-state index in [-0.39, 0.29) is 17.6 Å². The highest BCUT2D eigenvalue weighted by atomic mass is 16.6. The molecule has 2 atom stereocenters. The molecular weight excluding hydrogens is 320 g/mol. The fraction of sp³-hybridized carbons (Fsp3) is 0.722. The van der Waals surface area contributed by atoms with E-state index < -0.39 is 0 Å². The fourth-order valence-corrected chi connectivity index (χ4v) is 3.64. The lowest BCUT2D eigenvalue weighted by Gasteiger charge is -2.32. The predicted molar refractivity (Wildman–Crippen MR) is 93.1 cm³/mol. The van der Waals surface area contributed by atoms with Gasteiger partial charge in [-0.05, 0) is 38.9 Å². The molecule has 1 aromatic heterocycles. The molecule has 2 aliphatic heterocycles. The first kappa shape index (κ1) is 18.2. The van der Waals surface area contributed by atoms with Crippen molar-refractivity contribution in [2.75, 3.05) is 46.9 Å². The van der Waals surface area contributed by atoms with E-state index in [1.54, 1.807) is 12.4 Å². The Hall–Kier alpha value is -1.57. The van der Waals surface area contributed by atoms with Gasteiger partial charge in [0.2, 0.25) is 5.91 Å². The van der Waals surface area contributed by atoms with Crippen LogP contribution in [0.3, 0.4) is 0 Å². The summed E-state index contributed by atoms with van der Waals surface area (Å²) in [5.74, 6) is 0.147. The first-order chi connectivity index (χ1) is 12.1. The van der Waals surface area contributed by atoms with Crippen LogP contribution in [0.15, 0.2) is 18.7 Å². The summed E-state index contributed by atoms with van der Waals surface area (Å²) in [5, 5.41) is 0. The molecule has 2 fully saturated rings. The average molecular weight is 348 g/mol. The molecule has 3 heterocycles. The van der Waals surface area contributed by atoms with Gasteiger partial charge < -0.3 is 19.3 Å². The minimum absolute atomic E-state index is 0.147. The highest BCUT2D eigenvalue weighted by Gasteiger charge is 2.43. The number of aryl methyl sites for hydroxylation is 1. The average Bonchev–Trinajstić information content (AvgIpc) is 2.85. The van der Waals surface area contributed by atoms with Crippen molar-refractivity contribution >= 4 is 5.91 Å². The maximum Gasteiger partial charge on any atom is 0.223 e. The molecule has 1 amide bonds. The van der Waals surface area contributed by atoms with Gasteiger partial charge in [-0.3, -0.25) is 4.79 Å². The lowest BCUT2D eigenvalue weighted by Crippen LogP contribution is -2.47. The smallest absolute Gasteiger partial charge is 0.223 e. The van der Waals surface area contributed by atoms with Crippen LogP contribution >= 0.6 is 0 Å². The van der Waals surface area contributed by atoms with E-state index >= 15 is 0 Å². The monoisotopic (exact) mass is 348 g/mol. The summed E-state index contributed by atoms with van der Waals surface area (Å²) in [6, 6.07) is 0. The molecule has 7 heteroatoms. The topological polar surface area (TPSA) is 67.8 Å². The number of aromatic nitrogens is 2. The van der Waals surface area contributed by atoms with Gasteiger partial charge in [0.25, 0.3) is 0 Å². The van der Waals surface area contributed by atoms with Gasteiger partial charge in [-0.25, -0.2) is 9.97 Å². The summed E-state index contributed by atoms with van der Waals surface area (Å²) >= 11 is 0. The summed E-state index contributed by atoms with van der Waals surface area (Å²) in [5.41, 5.74) is 0.641. The molecule has 0 N–H and O–H groups in total. The van der Waals surface area contributed by atoms with Gasteiger partial charge in [0.05, 0.1) is 25.9 Å². The van der Waals surface area contributed by atoms with Crippen molar-refractivity contribution in [1.29, 1.82) is 0 Å². The molecule has 0 radical (unpaired) electrons. The summed E-state index contributed by atoms with van der Waals surface area (Å²) in [6.07, 6.45) is 8.34. The SMILES string of the molecule is CN(C)CC1CCC2(COCCN(C(=O)CCc3cncnc3)C2)O1. The second-order valence-corrected chi connectivity index (χ2v) is 7.34. The number of hydrogen-bond donors (Lipinski definition) is 0. The molecule has 0 aromatic carbocycles. The van der Waals surface area contributed by atoms with Gasteiger partial charge in [-0.1, -0.05) is 0 Å². The molecule has 2 unspecified atom stereocenters. The number of hydrogen-bond acceptors (Lipinski definition) is 6. The van der Waals surface area contributed by atoms with Gasteiger partial charge in [-0.15, -0.1) is 0 Å². The van der Waals surface area contributed by atoms with E-state index in [0.29, 0.717) is 39.1 Å². The first-order valence-corrected chi connectivity index (χ1v) is 8.98. The van der Waals surface area contributed by atoms with E-state index in [0.717, 1.165) is 24.9 Å². The van der Waals surface area contributed by atoms with E-state index in [1.807, 2.05) is 4.90 Å². The van der Waals surface area contributed by atoms with Crippen LogP contribution < -0.4 is 0 Å². The zero-order valence-electron chi connectivity index (χ0n) is 15.2. The van der Waals surface area contributed by atoms with Crippen LogP contribution in [0, 0.1) is 0 Å². The van der Waals surface area contributed by atoms with E-state index in [1.165, 1.54) is 6.33 Å². The molecule has 1 spiro atoms. The number of ether oxygens (including phenoxy) is 2. The summed E-state index contributed by atoms with van der Waals surface area (Å²) in [6.45, 7) is 3.31. The molecule has 0 aliphatic carbocycles. The van der Waals surface area contributed by atoms with Crippen LogP contribution in [0.5, 0.6) is 0 Å². The van der Waals surface area contributed by atoms with E-state index in [4.69, 9.17) is 9.47 Å². The second kappa shape index (κ2) is 8.21. The first-order valence-electron chi connectivity index (χ1n) is 8.98. The number of amides is 1. The van der Waals surface area contributed by atoms with Crippen molar-refractivity contribution in [3.63, 3.8) is 0 Å². The molecule has 2 saturated heterocycles. The molecule has 3 rings (SSSR count). The van der Waals surface area contributed by atoms with Gasteiger partial charge in [0.15, 0.2) is 0 Å². The Labute approximate surface area is 149 Å². The summed E-state index contributed by atoms with van der Waals surface area (Å²) < 4.78 is 12.1. The highest BCUT2D eigenvalue weighted by Crippen LogP contribution is 2.33. The molecule has 1 aromatic rings. The largest absolute Gasteiger partial charge is 0.377 e. The third-order valence-electron chi connectivity index (χ3n) is 4.85. The maximum atomic E-state index is 12.7. The van der Waals surface area contributed by atoms with Gasteiger partial charge in [-0.2, -0.15) is 0 Å². The van der Waals surface area contributed by atoms with Gasteiger partial charge in [0.1, 0.15) is 11.9 Å². The zero-order chi connectivity index (χ0) is 17.7. The second-order valence-electron chi connectivity index (χ2n) is 7.34. The lowest BCUT2D eigenvalue weighted by atomic mass is 9.99. The van der Waals surface area contributed by atoms with Crippen LogP contribution in [0.1, 0.15) is 24.8 Å². The maximum absolute atomic E-state index is 12.7. The molecule has 138 valence electrons. The fourth-order valence-electron chi connectivity index (χ4n) is 3.64. The molecule has 25 heavy (non-hydrogen) atoms. The van der Waals surface area contributed by atoms with Crippen molar-refractivity contribution in [2.45, 2.75) is 37.4 Å². The van der Waals surface area contributed by atoms with E-state index in [9.17, 15) is 4.79 Å². The zero-order valence-corrected chi connectivity index (χ0v) is 15.2. The lowest BCUT2D eigenvalue weighted by molar-refractivity contribution is -0.136. The molecular formula is C18H28N4O3. The Morgan fingerprint density at radius 2 is 2.20 bits per heavy atom. The molecule has 0 saturated carbocycles. The predicted octanol–water partition coefficient (Wildman–Crippen LogP) is 0.747. The Balaban J connectivity index is 1.57. The van der Waals surface area contributed by atoms with Crippen LogP contribution in [0.2, 0.25) is 0 Å². The molecule has 7 nitrogen and oxygen atoms in total. The number of carbonyl (C=O) groups is 1. The van der Waals surface area contributed by atoms with E-state index in [2.05, 4.69) is 29.0 Å². The number of nitrogens with zero attached hydrogens (tertiary/aromatic N) is 4. The summed E-state index contributed by atoms with van der Waals surface area (Å²) in [7, 11) is 4.11. The number of rotatable bonds is 5. The highest BCUT2D eigenvalue weighted by molar-refractivity contribution is 5.76. The van der Waals surface area contributed by atoms with Crippen LogP contribution in [0.25, 0.3) is 0 Å². The van der Waals surface area contributed by atoms with Gasteiger partial charge >= 0.3 is 0 Å². The van der Waals surface area contributed by atoms with Gasteiger partial charge in [0, 0.05) is 31.9 Å². The molecule has 2 aliphatic rings. The Kier molecular flexibility index (Phi) is 5.98. The minimum Gasteiger partial charge on any atom is -0.377 e. The van der Waals surface area contributed by atoms with Crippen molar-refractivity contribution < 1.29 is 14.3 Å². The third-order valence-corrected chi connectivity index (χ3v) is 4.85. The molecule has 0 bridgehead atoms. The van der Waals surface area contributed by atoms with Crippen LogP contribution in [-0.2, 0) is 20.7 Å². The van der Waals surface area contributed by atoms with Crippen molar-refractivity contribution in [2.24, 2.45) is 0 Å². The van der Waals surface area contributed by atoms with Crippen molar-refractivity contribution in [3.05, 3.63) is 24.3 Å². The van der Waals surface area contributed by atoms with Crippen LogP contribution in [0.4, 0.5) is 0 Å². The third kappa shape index (κ3) is 4.96.